The molecule has 0 fully saturated rings. The minimum Gasteiger partial charge on any atom is -0.433 e. The summed E-state index contributed by atoms with van der Waals surface area (Å²) in [5, 5.41) is 4.36. The van der Waals surface area contributed by atoms with Gasteiger partial charge in [0, 0.05) is 7.05 Å². The van der Waals surface area contributed by atoms with Crippen molar-refractivity contribution in [3.8, 4) is 11.6 Å². The second kappa shape index (κ2) is 4.45. The number of nitrogens with zero attached hydrogens (tertiary/aromatic N) is 4. The largest absolute Gasteiger partial charge is 0.433 e. The molecule has 0 atom stereocenters. The summed E-state index contributed by atoms with van der Waals surface area (Å²) in [4.78, 5) is 7.94. The van der Waals surface area contributed by atoms with Crippen LogP contribution in [0.15, 0.2) is 0 Å². The molecule has 2 N–H and O–H groups in total. The van der Waals surface area contributed by atoms with Crippen molar-refractivity contribution < 1.29 is 4.74 Å². The number of halogens is 1. The van der Waals surface area contributed by atoms with Crippen LogP contribution < -0.4 is 10.5 Å². The Morgan fingerprint density at radius 2 is 1.83 bits per heavy atom. The minimum atomic E-state index is 0.107. The molecule has 96 valence electrons. The van der Waals surface area contributed by atoms with Crippen molar-refractivity contribution >= 4 is 17.3 Å². The molecule has 0 saturated carbocycles. The second-order valence-electron chi connectivity index (χ2n) is 4.02. The van der Waals surface area contributed by atoms with Crippen LogP contribution in [0, 0.1) is 20.8 Å². The Labute approximate surface area is 110 Å². The Morgan fingerprint density at radius 3 is 2.39 bits per heavy atom. The molecule has 0 saturated heterocycles. The van der Waals surface area contributed by atoms with Gasteiger partial charge in [0.15, 0.2) is 5.75 Å². The van der Waals surface area contributed by atoms with Crippen molar-refractivity contribution in [1.29, 1.82) is 0 Å². The molecule has 2 rings (SSSR count). The maximum Gasteiger partial charge on any atom is 0.247 e. The third-order valence-electron chi connectivity index (χ3n) is 2.72. The first-order valence-corrected chi connectivity index (χ1v) is 5.75. The SMILES string of the molecule is Cc1nc(Cl)nc(Oc2c(C)nn(C)c2C)c1N. The number of aryl methyl sites for hydroxylation is 3. The van der Waals surface area contributed by atoms with Crippen molar-refractivity contribution in [2.75, 3.05) is 5.73 Å². The van der Waals surface area contributed by atoms with Crippen LogP contribution in [0.1, 0.15) is 17.1 Å². The number of rotatable bonds is 2. The summed E-state index contributed by atoms with van der Waals surface area (Å²) in [6.45, 7) is 5.51. The number of ether oxygens (including phenoxy) is 1. The van der Waals surface area contributed by atoms with Gasteiger partial charge in [-0.3, -0.25) is 4.68 Å². The van der Waals surface area contributed by atoms with Crippen molar-refractivity contribution in [2.45, 2.75) is 20.8 Å². The lowest BCUT2D eigenvalue weighted by atomic mass is 10.3. The standard InChI is InChI=1S/C11H14ClN5O/c1-5-8(13)10(15-11(12)14-5)18-9-6(2)16-17(4)7(9)3/h13H2,1-4H3. The molecular weight excluding hydrogens is 254 g/mol. The van der Waals surface area contributed by atoms with E-state index in [4.69, 9.17) is 22.1 Å². The van der Waals surface area contributed by atoms with Crippen LogP contribution >= 0.6 is 11.6 Å². The van der Waals surface area contributed by atoms with E-state index in [1.54, 1.807) is 11.6 Å². The van der Waals surface area contributed by atoms with Crippen LogP contribution in [-0.4, -0.2) is 19.7 Å². The molecule has 0 spiro atoms. The summed E-state index contributed by atoms with van der Waals surface area (Å²) >= 11 is 5.79. The van der Waals surface area contributed by atoms with Gasteiger partial charge >= 0.3 is 0 Å². The Hall–Kier alpha value is -1.82. The number of anilines is 1. The van der Waals surface area contributed by atoms with Crippen LogP contribution in [0.2, 0.25) is 5.28 Å². The predicted octanol–water partition coefficient (Wildman–Crippen LogP) is 2.16. The van der Waals surface area contributed by atoms with E-state index in [0.29, 0.717) is 17.1 Å². The molecule has 0 amide bonds. The average Bonchev–Trinajstić information content (AvgIpc) is 2.52. The van der Waals surface area contributed by atoms with E-state index >= 15 is 0 Å². The number of nitrogens with two attached hydrogens (primary N) is 1. The van der Waals surface area contributed by atoms with E-state index in [0.717, 1.165) is 11.4 Å². The highest BCUT2D eigenvalue weighted by Gasteiger charge is 2.16. The molecular formula is C11H14ClN5O. The van der Waals surface area contributed by atoms with Gasteiger partial charge in [-0.15, -0.1) is 0 Å². The Morgan fingerprint density at radius 1 is 1.17 bits per heavy atom. The molecule has 2 aromatic rings. The molecule has 7 heteroatoms. The molecule has 0 bridgehead atoms. The van der Waals surface area contributed by atoms with E-state index in [-0.39, 0.29) is 11.2 Å². The zero-order chi connectivity index (χ0) is 13.4. The summed E-state index contributed by atoms with van der Waals surface area (Å²) in [6, 6.07) is 0. The average molecular weight is 268 g/mol. The highest BCUT2D eigenvalue weighted by Crippen LogP contribution is 2.31. The molecule has 0 unspecified atom stereocenters. The highest BCUT2D eigenvalue weighted by atomic mass is 35.5. The number of nitrogen functional groups attached to an aromatic ring is 1. The van der Waals surface area contributed by atoms with Gasteiger partial charge in [-0.1, -0.05) is 0 Å². The van der Waals surface area contributed by atoms with Gasteiger partial charge in [-0.05, 0) is 32.4 Å². The Kier molecular flexibility index (Phi) is 3.13. The molecule has 0 aliphatic rings. The fourth-order valence-electron chi connectivity index (χ4n) is 1.60. The summed E-state index contributed by atoms with van der Waals surface area (Å²) in [7, 11) is 1.84. The first kappa shape index (κ1) is 12.6. The van der Waals surface area contributed by atoms with E-state index in [1.807, 2.05) is 20.9 Å². The van der Waals surface area contributed by atoms with Crippen LogP contribution in [0.3, 0.4) is 0 Å². The van der Waals surface area contributed by atoms with Crippen molar-refractivity contribution in [3.05, 3.63) is 22.4 Å². The first-order chi connectivity index (χ1) is 8.40. The molecule has 2 heterocycles. The maximum atomic E-state index is 5.87. The van der Waals surface area contributed by atoms with Crippen molar-refractivity contribution in [1.82, 2.24) is 19.7 Å². The van der Waals surface area contributed by atoms with Gasteiger partial charge in [0.2, 0.25) is 11.2 Å². The number of hydrogen-bond acceptors (Lipinski definition) is 5. The van der Waals surface area contributed by atoms with Crippen molar-refractivity contribution in [3.63, 3.8) is 0 Å². The molecule has 0 aliphatic heterocycles. The fourth-order valence-corrected chi connectivity index (χ4v) is 1.80. The van der Waals surface area contributed by atoms with Gasteiger partial charge in [-0.25, -0.2) is 4.98 Å². The van der Waals surface area contributed by atoms with Gasteiger partial charge in [0.1, 0.15) is 11.4 Å². The molecule has 0 aromatic carbocycles. The second-order valence-corrected chi connectivity index (χ2v) is 4.36. The lowest BCUT2D eigenvalue weighted by Crippen LogP contribution is -2.01. The van der Waals surface area contributed by atoms with Crippen LogP contribution in [0.5, 0.6) is 11.6 Å². The van der Waals surface area contributed by atoms with E-state index in [2.05, 4.69) is 15.1 Å². The van der Waals surface area contributed by atoms with Crippen LogP contribution in [-0.2, 0) is 7.05 Å². The quantitative estimate of drug-likeness (QED) is 0.844. The topological polar surface area (TPSA) is 78.9 Å². The fraction of sp³-hybridized carbons (Fsp3) is 0.364. The lowest BCUT2D eigenvalue weighted by molar-refractivity contribution is 0.456. The summed E-state index contributed by atoms with van der Waals surface area (Å²) in [5.41, 5.74) is 8.49. The first-order valence-electron chi connectivity index (χ1n) is 5.37. The summed E-state index contributed by atoms with van der Waals surface area (Å²) in [6.07, 6.45) is 0. The summed E-state index contributed by atoms with van der Waals surface area (Å²) < 4.78 is 7.44. The smallest absolute Gasteiger partial charge is 0.247 e. The van der Waals surface area contributed by atoms with Crippen molar-refractivity contribution in [2.24, 2.45) is 7.05 Å². The van der Waals surface area contributed by atoms with E-state index < -0.39 is 0 Å². The highest BCUT2D eigenvalue weighted by molar-refractivity contribution is 6.28. The van der Waals surface area contributed by atoms with Gasteiger partial charge < -0.3 is 10.5 Å². The van der Waals surface area contributed by atoms with Gasteiger partial charge in [-0.2, -0.15) is 10.1 Å². The van der Waals surface area contributed by atoms with Crippen LogP contribution in [0.4, 0.5) is 5.69 Å². The monoisotopic (exact) mass is 267 g/mol. The lowest BCUT2D eigenvalue weighted by Gasteiger charge is -2.09. The van der Waals surface area contributed by atoms with Gasteiger partial charge in [0.25, 0.3) is 0 Å². The Balaban J connectivity index is 2.46. The third-order valence-corrected chi connectivity index (χ3v) is 2.88. The minimum absolute atomic E-state index is 0.107. The molecule has 18 heavy (non-hydrogen) atoms. The molecule has 2 aromatic heterocycles. The Bertz CT molecular complexity index is 608. The van der Waals surface area contributed by atoms with E-state index in [1.165, 1.54) is 0 Å². The third kappa shape index (κ3) is 2.11. The van der Waals surface area contributed by atoms with E-state index in [9.17, 15) is 0 Å². The van der Waals surface area contributed by atoms with Crippen LogP contribution in [0.25, 0.3) is 0 Å². The molecule has 6 nitrogen and oxygen atoms in total. The predicted molar refractivity (Wildman–Crippen MR) is 68.9 cm³/mol. The number of aromatic nitrogens is 4. The van der Waals surface area contributed by atoms with Gasteiger partial charge in [0.05, 0.1) is 11.4 Å². The molecule has 0 aliphatic carbocycles. The zero-order valence-corrected chi connectivity index (χ0v) is 11.4. The molecule has 0 radical (unpaired) electrons. The normalized spacial score (nSPS) is 10.7. The zero-order valence-electron chi connectivity index (χ0n) is 10.7. The summed E-state index contributed by atoms with van der Waals surface area (Å²) in [5.74, 6) is 0.894. The number of hydrogen-bond donors (Lipinski definition) is 1. The maximum absolute atomic E-state index is 5.87.